The molecular formula is C30H37N7O3S. The number of likely N-dealkylation sites (tertiary alicyclic amines) is 1. The van der Waals surface area contributed by atoms with Gasteiger partial charge in [-0.25, -0.2) is 9.67 Å². The van der Waals surface area contributed by atoms with Gasteiger partial charge in [0, 0.05) is 37.7 Å². The largest absolute Gasteiger partial charge is 0.356 e. The number of aromatic nitrogens is 4. The smallest absolute Gasteiger partial charge is 0.314 e. The second-order valence-electron chi connectivity index (χ2n) is 11.5. The van der Waals surface area contributed by atoms with Crippen molar-refractivity contribution in [1.29, 1.82) is 0 Å². The van der Waals surface area contributed by atoms with E-state index in [0.29, 0.717) is 24.8 Å². The lowest BCUT2D eigenvalue weighted by Gasteiger charge is -2.38. The molecule has 2 aliphatic heterocycles. The van der Waals surface area contributed by atoms with Gasteiger partial charge in [0.25, 0.3) is 0 Å². The summed E-state index contributed by atoms with van der Waals surface area (Å²) in [4.78, 5) is 40.3. The Kier molecular flexibility index (Phi) is 8.01. The Morgan fingerprint density at radius 3 is 2.83 bits per heavy atom. The molecule has 3 atom stereocenters. The average Bonchev–Trinajstić information content (AvgIpc) is 3.60. The molecule has 11 heteroatoms. The molecule has 2 amide bonds. The maximum absolute atomic E-state index is 13.7. The molecule has 10 nitrogen and oxygen atoms in total. The van der Waals surface area contributed by atoms with Gasteiger partial charge in [-0.1, -0.05) is 13.0 Å². The minimum atomic E-state index is -0.670. The molecule has 41 heavy (non-hydrogen) atoms. The van der Waals surface area contributed by atoms with Gasteiger partial charge in [-0.2, -0.15) is 5.10 Å². The lowest BCUT2D eigenvalue weighted by molar-refractivity contribution is -0.146. The van der Waals surface area contributed by atoms with Crippen LogP contribution in [0.5, 0.6) is 0 Å². The second kappa shape index (κ2) is 11.8. The maximum Gasteiger partial charge on any atom is 0.314 e. The number of hydrogen-bond acceptors (Lipinski definition) is 8. The first-order valence-corrected chi connectivity index (χ1v) is 15.3. The highest BCUT2D eigenvalue weighted by atomic mass is 32.1. The van der Waals surface area contributed by atoms with E-state index in [1.54, 1.807) is 39.5 Å². The van der Waals surface area contributed by atoms with Crippen LogP contribution >= 0.6 is 11.3 Å². The highest BCUT2D eigenvalue weighted by Gasteiger charge is 2.35. The first-order chi connectivity index (χ1) is 19.9. The first kappa shape index (κ1) is 27.7. The van der Waals surface area contributed by atoms with Crippen LogP contribution in [0.4, 0.5) is 5.69 Å². The Morgan fingerprint density at radius 1 is 1.15 bits per heavy atom. The summed E-state index contributed by atoms with van der Waals surface area (Å²) in [6.45, 7) is 4.27. The van der Waals surface area contributed by atoms with Gasteiger partial charge in [-0.15, -0.1) is 11.3 Å². The number of likely N-dealkylation sites (N-methyl/N-ethyl adjacent to an activating group) is 1. The average molecular weight is 576 g/mol. The molecule has 1 unspecified atom stereocenters. The van der Waals surface area contributed by atoms with Crippen molar-refractivity contribution in [2.24, 2.45) is 5.92 Å². The van der Waals surface area contributed by atoms with Gasteiger partial charge < -0.3 is 19.9 Å². The van der Waals surface area contributed by atoms with Crippen LogP contribution in [0.15, 0.2) is 36.8 Å². The molecule has 5 heterocycles. The molecule has 4 aromatic rings. The van der Waals surface area contributed by atoms with Crippen LogP contribution in [0.1, 0.15) is 61.9 Å². The van der Waals surface area contributed by atoms with Gasteiger partial charge >= 0.3 is 11.8 Å². The second-order valence-corrected chi connectivity index (χ2v) is 12.6. The van der Waals surface area contributed by atoms with E-state index in [4.69, 9.17) is 9.72 Å². The molecule has 6 rings (SSSR count). The van der Waals surface area contributed by atoms with Crippen LogP contribution in [-0.2, 0) is 20.7 Å². The fourth-order valence-corrected chi connectivity index (χ4v) is 6.82. The van der Waals surface area contributed by atoms with Gasteiger partial charge in [0.05, 0.1) is 44.9 Å². The van der Waals surface area contributed by atoms with Crippen LogP contribution < -0.4 is 5.32 Å². The zero-order valence-corrected chi connectivity index (χ0v) is 24.7. The van der Waals surface area contributed by atoms with Crippen LogP contribution in [0.2, 0.25) is 0 Å². The van der Waals surface area contributed by atoms with Crippen molar-refractivity contribution in [2.75, 3.05) is 39.1 Å². The molecular weight excluding hydrogens is 538 g/mol. The number of anilines is 1. The number of thiazole rings is 1. The minimum absolute atomic E-state index is 0.184. The Labute approximate surface area is 243 Å². The summed E-state index contributed by atoms with van der Waals surface area (Å²) in [5.74, 6) is -0.904. The van der Waals surface area contributed by atoms with Crippen molar-refractivity contribution < 1.29 is 14.3 Å². The number of carbonyl (C=O) groups is 2. The standard InChI is InChI=1S/C30H37N7O3S/c1-19-7-9-24(20-8-10-25-22(14-20)33-26(41-25)11-12-35(2)3)36(18-19)30(39)29(38)34-23-17-31-15-21-16-32-37(28(21)23)27-6-4-5-13-40-27/h8,10,14-17,19,24,27H,4-7,9,11-13,18H2,1-3H3,(H,34,38)/t19-,24+,27?/m0/s1. The van der Waals surface area contributed by atoms with Crippen molar-refractivity contribution in [3.05, 3.63) is 47.4 Å². The third-order valence-electron chi connectivity index (χ3n) is 8.06. The third-order valence-corrected chi connectivity index (χ3v) is 9.16. The number of pyridine rings is 1. The van der Waals surface area contributed by atoms with E-state index < -0.39 is 11.8 Å². The minimum Gasteiger partial charge on any atom is -0.356 e. The Hall–Kier alpha value is -3.41. The van der Waals surface area contributed by atoms with Crippen molar-refractivity contribution in [3.8, 4) is 0 Å². The lowest BCUT2D eigenvalue weighted by Crippen LogP contribution is -2.46. The monoisotopic (exact) mass is 575 g/mol. The zero-order chi connectivity index (χ0) is 28.5. The van der Waals surface area contributed by atoms with E-state index in [0.717, 1.165) is 76.8 Å². The molecule has 2 fully saturated rings. The highest BCUT2D eigenvalue weighted by Crippen LogP contribution is 2.36. The van der Waals surface area contributed by atoms with Crippen LogP contribution in [0.3, 0.4) is 0 Å². The molecule has 1 aromatic carbocycles. The van der Waals surface area contributed by atoms with Crippen LogP contribution in [0, 0.1) is 5.92 Å². The summed E-state index contributed by atoms with van der Waals surface area (Å²) < 4.78 is 8.89. The Bertz CT molecular complexity index is 1560. The molecule has 0 aliphatic carbocycles. The van der Waals surface area contributed by atoms with E-state index in [-0.39, 0.29) is 12.3 Å². The normalized spacial score (nSPS) is 21.6. The molecule has 0 spiro atoms. The Balaban J connectivity index is 1.24. The zero-order valence-electron chi connectivity index (χ0n) is 23.9. The van der Waals surface area contributed by atoms with E-state index in [1.165, 1.54) is 0 Å². The quantitative estimate of drug-likeness (QED) is 0.330. The number of amides is 2. The molecule has 0 radical (unpaired) electrons. The van der Waals surface area contributed by atoms with Gasteiger partial charge in [0.1, 0.15) is 0 Å². The van der Waals surface area contributed by atoms with Gasteiger partial charge in [0.15, 0.2) is 6.23 Å². The number of hydrogen-bond donors (Lipinski definition) is 1. The van der Waals surface area contributed by atoms with Crippen molar-refractivity contribution in [3.63, 3.8) is 0 Å². The number of nitrogens with zero attached hydrogens (tertiary/aromatic N) is 6. The summed E-state index contributed by atoms with van der Waals surface area (Å²) in [5, 5.41) is 9.29. The predicted molar refractivity (Wildman–Crippen MR) is 160 cm³/mol. The van der Waals surface area contributed by atoms with Crippen molar-refractivity contribution >= 4 is 50.0 Å². The summed E-state index contributed by atoms with van der Waals surface area (Å²) in [6.07, 6.45) is 10.4. The number of ether oxygens (including phenoxy) is 1. The van der Waals surface area contributed by atoms with Gasteiger partial charge in [-0.3, -0.25) is 14.6 Å². The number of fused-ring (bicyclic) bond motifs is 2. The highest BCUT2D eigenvalue weighted by molar-refractivity contribution is 7.18. The fourth-order valence-electron chi connectivity index (χ4n) is 5.88. The molecule has 1 N–H and O–H groups in total. The van der Waals surface area contributed by atoms with E-state index >= 15 is 0 Å². The number of nitrogens with one attached hydrogen (secondary N) is 1. The SMILES string of the molecule is C[C@H]1CC[C@H](c2ccc3sc(CCN(C)C)nc3c2)N(C(=O)C(=O)Nc2cncc3cnn(C4CCCCO4)c23)C1. The van der Waals surface area contributed by atoms with E-state index in [2.05, 4.69) is 59.5 Å². The van der Waals surface area contributed by atoms with Crippen molar-refractivity contribution in [2.45, 2.75) is 57.7 Å². The van der Waals surface area contributed by atoms with Crippen LogP contribution in [-0.4, -0.2) is 75.2 Å². The number of benzene rings is 1. The van der Waals surface area contributed by atoms with Crippen molar-refractivity contribution in [1.82, 2.24) is 29.5 Å². The van der Waals surface area contributed by atoms with E-state index in [1.807, 2.05) is 0 Å². The number of piperidine rings is 1. The van der Waals surface area contributed by atoms with Crippen LogP contribution in [0.25, 0.3) is 21.1 Å². The fraction of sp³-hybridized carbons (Fsp3) is 0.500. The molecule has 3 aromatic heterocycles. The van der Waals surface area contributed by atoms with E-state index in [9.17, 15) is 9.59 Å². The maximum atomic E-state index is 13.7. The topological polar surface area (TPSA) is 105 Å². The summed E-state index contributed by atoms with van der Waals surface area (Å²) in [6, 6.07) is 6.10. The predicted octanol–water partition coefficient (Wildman–Crippen LogP) is 4.78. The number of rotatable bonds is 6. The first-order valence-electron chi connectivity index (χ1n) is 14.5. The van der Waals surface area contributed by atoms with Gasteiger partial charge in [-0.05, 0) is 69.8 Å². The molecule has 216 valence electrons. The van der Waals surface area contributed by atoms with Gasteiger partial charge in [0.2, 0.25) is 0 Å². The third kappa shape index (κ3) is 5.84. The summed E-state index contributed by atoms with van der Waals surface area (Å²) in [7, 11) is 4.13. The summed E-state index contributed by atoms with van der Waals surface area (Å²) in [5.41, 5.74) is 3.15. The molecule has 0 saturated carbocycles. The molecule has 0 bridgehead atoms. The Morgan fingerprint density at radius 2 is 2.02 bits per heavy atom. The lowest BCUT2D eigenvalue weighted by atomic mass is 9.89. The number of carbonyl (C=O) groups excluding carboxylic acids is 2. The molecule has 2 aliphatic rings. The molecule has 2 saturated heterocycles. The summed E-state index contributed by atoms with van der Waals surface area (Å²) >= 11 is 1.72.